The fourth-order valence-electron chi connectivity index (χ4n) is 4.09. The Balaban J connectivity index is 1.75. The van der Waals surface area contributed by atoms with Crippen LogP contribution in [0.4, 0.5) is 18.9 Å². The Kier molecular flexibility index (Phi) is 5.31. The number of hydrogen-bond donors (Lipinski definition) is 2. The number of aromatic nitrogens is 2. The van der Waals surface area contributed by atoms with Crippen molar-refractivity contribution in [3.63, 3.8) is 0 Å². The van der Waals surface area contributed by atoms with E-state index in [0.29, 0.717) is 41.0 Å². The van der Waals surface area contributed by atoms with Crippen molar-refractivity contribution in [2.45, 2.75) is 37.6 Å². The van der Waals surface area contributed by atoms with Gasteiger partial charge in [0, 0.05) is 11.8 Å². The van der Waals surface area contributed by atoms with Crippen LogP contribution in [0.5, 0.6) is 11.5 Å². The van der Waals surface area contributed by atoms with Crippen LogP contribution in [-0.4, -0.2) is 36.9 Å². The number of amides is 1. The van der Waals surface area contributed by atoms with Gasteiger partial charge in [0.25, 0.3) is 0 Å². The first-order valence-corrected chi connectivity index (χ1v) is 11.4. The van der Waals surface area contributed by atoms with Gasteiger partial charge >= 0.3 is 15.6 Å². The molecule has 0 saturated carbocycles. The van der Waals surface area contributed by atoms with Gasteiger partial charge in [-0.25, -0.2) is 4.98 Å². The maximum absolute atomic E-state index is 12.6. The topological polar surface area (TPSA) is 110 Å². The number of carbonyl (C=O) groups is 1. The fourth-order valence-corrected chi connectivity index (χ4v) is 4.54. The van der Waals surface area contributed by atoms with Crippen molar-refractivity contribution in [1.82, 2.24) is 9.97 Å². The SMILES string of the molecule is CCC1(CC)C(=O)Nc2cc3[nH]c(-c4ccc(OS(=O)(=O)C(F)(F)F)cc4OC)nc3cc21. The molecule has 1 aromatic heterocycles. The second kappa shape index (κ2) is 7.65. The summed E-state index contributed by atoms with van der Waals surface area (Å²) in [6, 6.07) is 7.08. The predicted molar refractivity (Wildman–Crippen MR) is 115 cm³/mol. The number of benzene rings is 2. The number of carbonyl (C=O) groups excluding carboxylic acids is 1. The Morgan fingerprint density at radius 2 is 1.82 bits per heavy atom. The van der Waals surface area contributed by atoms with Crippen molar-refractivity contribution in [3.8, 4) is 22.9 Å². The number of nitrogens with zero attached hydrogens (tertiary/aromatic N) is 1. The van der Waals surface area contributed by atoms with Crippen LogP contribution in [0.1, 0.15) is 32.3 Å². The number of H-pyrrole nitrogens is 1. The van der Waals surface area contributed by atoms with E-state index in [9.17, 15) is 26.4 Å². The highest BCUT2D eigenvalue weighted by atomic mass is 32.2. The summed E-state index contributed by atoms with van der Waals surface area (Å²) in [5.74, 6) is -0.204. The van der Waals surface area contributed by atoms with E-state index in [1.54, 1.807) is 6.07 Å². The molecule has 0 unspecified atom stereocenters. The molecular weight excluding hydrogens is 463 g/mol. The van der Waals surface area contributed by atoms with Crippen LogP contribution >= 0.6 is 0 Å². The first-order chi connectivity index (χ1) is 15.5. The molecule has 0 fully saturated rings. The van der Waals surface area contributed by atoms with Gasteiger partial charge in [0.05, 0.1) is 29.1 Å². The maximum Gasteiger partial charge on any atom is 0.534 e. The molecule has 0 saturated heterocycles. The largest absolute Gasteiger partial charge is 0.534 e. The summed E-state index contributed by atoms with van der Waals surface area (Å²) in [4.78, 5) is 20.3. The molecule has 8 nitrogen and oxygen atoms in total. The molecule has 4 rings (SSSR count). The van der Waals surface area contributed by atoms with Crippen LogP contribution in [0.15, 0.2) is 30.3 Å². The minimum absolute atomic E-state index is 0.0542. The van der Waals surface area contributed by atoms with Crippen molar-refractivity contribution >= 4 is 32.7 Å². The van der Waals surface area contributed by atoms with Crippen LogP contribution in [-0.2, 0) is 20.3 Å². The van der Waals surface area contributed by atoms with Gasteiger partial charge in [-0.15, -0.1) is 0 Å². The van der Waals surface area contributed by atoms with E-state index in [-0.39, 0.29) is 11.7 Å². The molecule has 0 spiro atoms. The number of halogens is 3. The second-order valence-electron chi connectivity index (χ2n) is 7.59. The lowest BCUT2D eigenvalue weighted by molar-refractivity contribution is -0.121. The maximum atomic E-state index is 12.6. The standard InChI is InChI=1S/C21H20F3N3O5S/c1-4-20(5-2)13-9-15-16(10-14(13)27-19(20)28)26-18(25-15)12-7-6-11(8-17(12)31-3)32-33(29,30)21(22,23)24/h6-10H,4-5H2,1-3H3,(H,25,26)(H,27,28). The number of alkyl halides is 3. The summed E-state index contributed by atoms with van der Waals surface area (Å²) < 4.78 is 69.8. The van der Waals surface area contributed by atoms with Gasteiger partial charge in [-0.1, -0.05) is 13.8 Å². The Morgan fingerprint density at radius 3 is 2.42 bits per heavy atom. The summed E-state index contributed by atoms with van der Waals surface area (Å²) in [5, 5.41) is 2.92. The third-order valence-electron chi connectivity index (χ3n) is 5.94. The quantitative estimate of drug-likeness (QED) is 0.395. The zero-order valence-electron chi connectivity index (χ0n) is 17.8. The molecule has 0 atom stereocenters. The van der Waals surface area contributed by atoms with E-state index in [4.69, 9.17) is 4.74 Å². The first-order valence-electron chi connectivity index (χ1n) is 10.0. The van der Waals surface area contributed by atoms with Gasteiger partial charge in [0.15, 0.2) is 0 Å². The Bertz CT molecular complexity index is 1360. The number of methoxy groups -OCH3 is 1. The predicted octanol–water partition coefficient (Wildman–Crippen LogP) is 4.48. The fraction of sp³-hybridized carbons (Fsp3) is 0.333. The first kappa shape index (κ1) is 22.9. The highest BCUT2D eigenvalue weighted by Gasteiger charge is 2.48. The van der Waals surface area contributed by atoms with E-state index in [2.05, 4.69) is 19.5 Å². The van der Waals surface area contributed by atoms with Crippen molar-refractivity contribution < 1.29 is 35.3 Å². The molecular formula is C21H20F3N3O5S. The lowest BCUT2D eigenvalue weighted by Gasteiger charge is -2.23. The number of hydrogen-bond acceptors (Lipinski definition) is 6. The Hall–Kier alpha value is -3.28. The number of fused-ring (bicyclic) bond motifs is 2. The van der Waals surface area contributed by atoms with Gasteiger partial charge in [0.1, 0.15) is 17.3 Å². The minimum atomic E-state index is -5.81. The second-order valence-corrected chi connectivity index (χ2v) is 9.13. The van der Waals surface area contributed by atoms with Crippen molar-refractivity contribution in [2.24, 2.45) is 0 Å². The highest BCUT2D eigenvalue weighted by molar-refractivity contribution is 7.88. The molecule has 2 N–H and O–H groups in total. The van der Waals surface area contributed by atoms with Crippen LogP contribution in [0, 0.1) is 0 Å². The van der Waals surface area contributed by atoms with E-state index < -0.39 is 26.8 Å². The van der Waals surface area contributed by atoms with Crippen molar-refractivity contribution in [2.75, 3.05) is 12.4 Å². The number of imidazole rings is 1. The molecule has 0 radical (unpaired) electrons. The van der Waals surface area contributed by atoms with Gasteiger partial charge in [0.2, 0.25) is 5.91 Å². The van der Waals surface area contributed by atoms with Gasteiger partial charge in [-0.2, -0.15) is 21.6 Å². The molecule has 1 aliphatic heterocycles. The lowest BCUT2D eigenvalue weighted by atomic mass is 9.77. The number of ether oxygens (including phenoxy) is 1. The van der Waals surface area contributed by atoms with Crippen LogP contribution in [0.2, 0.25) is 0 Å². The lowest BCUT2D eigenvalue weighted by Crippen LogP contribution is -2.32. The summed E-state index contributed by atoms with van der Waals surface area (Å²) >= 11 is 0. The molecule has 1 amide bonds. The van der Waals surface area contributed by atoms with Gasteiger partial charge < -0.3 is 19.2 Å². The molecule has 12 heteroatoms. The van der Waals surface area contributed by atoms with E-state index in [1.165, 1.54) is 13.2 Å². The third-order valence-corrected chi connectivity index (χ3v) is 6.92. The average Bonchev–Trinajstić information content (AvgIpc) is 3.28. The zero-order valence-corrected chi connectivity index (χ0v) is 18.6. The van der Waals surface area contributed by atoms with Gasteiger partial charge in [-0.3, -0.25) is 4.79 Å². The monoisotopic (exact) mass is 483 g/mol. The average molecular weight is 483 g/mol. The number of anilines is 1. The van der Waals surface area contributed by atoms with Crippen molar-refractivity contribution in [1.29, 1.82) is 0 Å². The molecule has 0 bridgehead atoms. The number of aromatic amines is 1. The van der Waals surface area contributed by atoms with E-state index >= 15 is 0 Å². The molecule has 1 aliphatic rings. The number of nitrogens with one attached hydrogen (secondary N) is 2. The normalized spacial score (nSPS) is 15.4. The molecule has 3 aromatic rings. The van der Waals surface area contributed by atoms with Crippen LogP contribution in [0.3, 0.4) is 0 Å². The summed E-state index contributed by atoms with van der Waals surface area (Å²) in [6.45, 7) is 3.90. The molecule has 2 aromatic carbocycles. The summed E-state index contributed by atoms with van der Waals surface area (Å²) in [7, 11) is -4.53. The molecule has 33 heavy (non-hydrogen) atoms. The summed E-state index contributed by atoms with van der Waals surface area (Å²) in [5.41, 5.74) is -3.03. The van der Waals surface area contributed by atoms with Gasteiger partial charge in [-0.05, 0) is 42.7 Å². The summed E-state index contributed by atoms with van der Waals surface area (Å²) in [6.07, 6.45) is 1.25. The minimum Gasteiger partial charge on any atom is -0.496 e. The van der Waals surface area contributed by atoms with Crippen molar-refractivity contribution in [3.05, 3.63) is 35.9 Å². The van der Waals surface area contributed by atoms with Crippen LogP contribution < -0.4 is 14.2 Å². The highest BCUT2D eigenvalue weighted by Crippen LogP contribution is 2.44. The zero-order chi connectivity index (χ0) is 24.2. The Morgan fingerprint density at radius 1 is 1.12 bits per heavy atom. The number of rotatable bonds is 6. The Labute approximate surface area is 187 Å². The van der Waals surface area contributed by atoms with E-state index in [0.717, 1.165) is 17.7 Å². The van der Waals surface area contributed by atoms with Crippen LogP contribution in [0.25, 0.3) is 22.4 Å². The smallest absolute Gasteiger partial charge is 0.496 e. The molecule has 2 heterocycles. The van der Waals surface area contributed by atoms with E-state index in [1.807, 2.05) is 19.9 Å². The molecule has 0 aliphatic carbocycles. The third kappa shape index (κ3) is 3.58. The molecule has 176 valence electrons.